The minimum absolute atomic E-state index is 0.995. The van der Waals surface area contributed by atoms with Gasteiger partial charge in [0.05, 0.1) is 5.69 Å². The molecule has 3 aromatic rings. The highest BCUT2D eigenvalue weighted by molar-refractivity contribution is 6.62. The van der Waals surface area contributed by atoms with Crippen molar-refractivity contribution < 1.29 is 0 Å². The van der Waals surface area contributed by atoms with Gasteiger partial charge in [-0.25, -0.2) is 0 Å². The maximum atomic E-state index is 4.65. The fourth-order valence-corrected chi connectivity index (χ4v) is 5.78. The van der Waals surface area contributed by atoms with Gasteiger partial charge in [0.1, 0.15) is 0 Å². The van der Waals surface area contributed by atoms with Crippen LogP contribution in [0.25, 0.3) is 0 Å². The third kappa shape index (κ3) is 5.58. The van der Waals surface area contributed by atoms with Crippen molar-refractivity contribution in [1.29, 1.82) is 0 Å². The standard InChI is InChI=1S/C15H14N.C8H10N.C2H5.Al/c1-2-13-8-6-7-9-14(13)12-16-15-10-4-3-5-11-15;1-6-4-3-5-7(2)8(6)9;1-2;/h3-12H,1-2H2;3-5,9H,1-2H3;1H2,2H3;/q;-1;;+1. The van der Waals surface area contributed by atoms with E-state index in [0.29, 0.717) is 0 Å². The number of nitrogens with zero attached hydrogens (tertiary/aromatic N) is 1. The van der Waals surface area contributed by atoms with Crippen LogP contribution in [0.15, 0.2) is 77.8 Å². The number of hydrogen-bond donors (Lipinski definition) is 1. The quantitative estimate of drug-likeness (QED) is 0.338. The number of rotatable bonds is 8. The number of anilines is 1. The minimum atomic E-state index is -1.06. The molecule has 0 atom stereocenters. The van der Waals surface area contributed by atoms with Crippen molar-refractivity contribution in [2.45, 2.75) is 37.8 Å². The van der Waals surface area contributed by atoms with E-state index in [0.717, 1.165) is 12.1 Å². The molecule has 3 heteroatoms. The van der Waals surface area contributed by atoms with E-state index in [1.165, 1.54) is 38.5 Å². The number of aliphatic imine (C=N–C) groups is 1. The molecule has 0 bridgehead atoms. The molecule has 0 saturated carbocycles. The van der Waals surface area contributed by atoms with Crippen LogP contribution < -0.4 is 4.30 Å². The second-order valence-electron chi connectivity index (χ2n) is 7.35. The fraction of sp³-hybridized carbons (Fsp3) is 0.240. The van der Waals surface area contributed by atoms with Gasteiger partial charge in [-0.2, -0.15) is 0 Å². The monoisotopic (exact) mass is 384 g/mol. The molecular weight excluding hydrogens is 355 g/mol. The summed E-state index contributed by atoms with van der Waals surface area (Å²) in [4.78, 5) is 4.65. The van der Waals surface area contributed by atoms with E-state index >= 15 is 0 Å². The second-order valence-corrected chi connectivity index (χ2v) is 10.4. The molecule has 142 valence electrons. The van der Waals surface area contributed by atoms with Gasteiger partial charge < -0.3 is 4.30 Å². The zero-order chi connectivity index (χ0) is 19.8. The third-order valence-electron chi connectivity index (χ3n) is 5.25. The zero-order valence-electron chi connectivity index (χ0n) is 17.2. The van der Waals surface area contributed by atoms with Crippen LogP contribution in [0.1, 0.15) is 29.2 Å². The molecule has 3 aromatic carbocycles. The van der Waals surface area contributed by atoms with Crippen LogP contribution in [-0.4, -0.2) is 20.6 Å². The van der Waals surface area contributed by atoms with Crippen LogP contribution in [0.3, 0.4) is 0 Å². The van der Waals surface area contributed by atoms with Crippen LogP contribution in [-0.2, 0) is 6.42 Å². The van der Waals surface area contributed by atoms with E-state index in [2.05, 4.69) is 72.5 Å². The SMILES string of the molecule is C[CH2][Al]([CH2]Cc1ccccc1C=Nc1ccccc1)[NH]c1c(C)cccc1C. The summed E-state index contributed by atoms with van der Waals surface area (Å²) in [5.74, 6) is 0. The number of nitrogens with one attached hydrogen (secondary N) is 1. The van der Waals surface area contributed by atoms with Crippen molar-refractivity contribution >= 4 is 32.0 Å². The molecule has 1 N–H and O–H groups in total. The number of benzene rings is 3. The van der Waals surface area contributed by atoms with Gasteiger partial charge in [0, 0.05) is 11.9 Å². The van der Waals surface area contributed by atoms with E-state index < -0.39 is 14.4 Å². The van der Waals surface area contributed by atoms with Crippen molar-refractivity contribution in [3.8, 4) is 0 Å². The van der Waals surface area contributed by atoms with Crippen molar-refractivity contribution in [3.63, 3.8) is 0 Å². The molecule has 0 aliphatic heterocycles. The first-order valence-electron chi connectivity index (χ1n) is 10.2. The maximum absolute atomic E-state index is 4.65. The molecule has 0 aromatic heterocycles. The van der Waals surface area contributed by atoms with Gasteiger partial charge >= 0.3 is 14.4 Å². The van der Waals surface area contributed by atoms with Gasteiger partial charge in [0.2, 0.25) is 0 Å². The minimum Gasteiger partial charge on any atom is -0.476 e. The molecule has 0 saturated heterocycles. The molecule has 0 unspecified atom stereocenters. The summed E-state index contributed by atoms with van der Waals surface area (Å²) in [5.41, 5.74) is 7.65. The van der Waals surface area contributed by atoms with E-state index in [-0.39, 0.29) is 0 Å². The summed E-state index contributed by atoms with van der Waals surface area (Å²) in [6.07, 6.45) is 3.10. The molecule has 3 rings (SSSR count). The number of para-hydroxylation sites is 2. The predicted octanol–water partition coefficient (Wildman–Crippen LogP) is 6.72. The molecule has 2 nitrogen and oxygen atoms in total. The Balaban J connectivity index is 1.69. The molecular formula is C25H29AlN2. The Kier molecular flexibility index (Phi) is 7.48. The first kappa shape index (κ1) is 20.4. The van der Waals surface area contributed by atoms with Gasteiger partial charge in [-0.1, -0.05) is 78.2 Å². The molecule has 0 spiro atoms. The molecule has 0 aliphatic rings. The Morgan fingerprint density at radius 2 is 1.54 bits per heavy atom. The van der Waals surface area contributed by atoms with Crippen molar-refractivity contribution in [1.82, 2.24) is 0 Å². The molecule has 0 heterocycles. The highest BCUT2D eigenvalue weighted by Gasteiger charge is 2.18. The molecule has 0 fully saturated rings. The van der Waals surface area contributed by atoms with Crippen LogP contribution >= 0.6 is 0 Å². The van der Waals surface area contributed by atoms with E-state index in [1.807, 2.05) is 36.5 Å². The van der Waals surface area contributed by atoms with E-state index in [4.69, 9.17) is 0 Å². The summed E-state index contributed by atoms with van der Waals surface area (Å²) in [7, 11) is 0. The Bertz CT molecular complexity index is 899. The summed E-state index contributed by atoms with van der Waals surface area (Å²) in [6.45, 7) is 6.72. The number of aryl methyl sites for hydroxylation is 3. The van der Waals surface area contributed by atoms with Crippen LogP contribution in [0.2, 0.25) is 10.6 Å². The molecule has 0 radical (unpaired) electrons. The van der Waals surface area contributed by atoms with Crippen LogP contribution in [0, 0.1) is 13.8 Å². The van der Waals surface area contributed by atoms with Crippen LogP contribution in [0.5, 0.6) is 0 Å². The Morgan fingerprint density at radius 1 is 0.857 bits per heavy atom. The molecule has 0 amide bonds. The zero-order valence-corrected chi connectivity index (χ0v) is 18.3. The highest BCUT2D eigenvalue weighted by atomic mass is 27.2. The van der Waals surface area contributed by atoms with Gasteiger partial charge in [0.25, 0.3) is 0 Å². The van der Waals surface area contributed by atoms with Crippen LogP contribution in [0.4, 0.5) is 11.4 Å². The lowest BCUT2D eigenvalue weighted by atomic mass is 10.1. The van der Waals surface area contributed by atoms with Gasteiger partial charge in [0.15, 0.2) is 0 Å². The molecule has 28 heavy (non-hydrogen) atoms. The highest BCUT2D eigenvalue weighted by Crippen LogP contribution is 2.22. The summed E-state index contributed by atoms with van der Waals surface area (Å²) in [6, 6.07) is 25.3. The lowest BCUT2D eigenvalue weighted by molar-refractivity contribution is 1.09. The largest absolute Gasteiger partial charge is 0.476 e. The summed E-state index contributed by atoms with van der Waals surface area (Å²) >= 11 is -1.06. The maximum Gasteiger partial charge on any atom is 0.411 e. The van der Waals surface area contributed by atoms with E-state index in [9.17, 15) is 0 Å². The predicted molar refractivity (Wildman–Crippen MR) is 124 cm³/mol. The lowest BCUT2D eigenvalue weighted by Gasteiger charge is -2.18. The summed E-state index contributed by atoms with van der Waals surface area (Å²) in [5, 5.41) is 2.48. The van der Waals surface area contributed by atoms with Crippen molar-refractivity contribution in [2.75, 3.05) is 4.30 Å². The average molecular weight is 385 g/mol. The summed E-state index contributed by atoms with van der Waals surface area (Å²) < 4.78 is 3.92. The first-order valence-corrected chi connectivity index (χ1v) is 12.4. The van der Waals surface area contributed by atoms with Gasteiger partial charge in [-0.05, 0) is 54.7 Å². The normalized spacial score (nSPS) is 11.0. The fourth-order valence-electron chi connectivity index (χ4n) is 3.50. The van der Waals surface area contributed by atoms with Gasteiger partial charge in [-0.15, -0.1) is 0 Å². The van der Waals surface area contributed by atoms with Crippen molar-refractivity contribution in [2.24, 2.45) is 4.99 Å². The van der Waals surface area contributed by atoms with E-state index in [1.54, 1.807) is 0 Å². The number of hydrogen-bond acceptors (Lipinski definition) is 2. The average Bonchev–Trinajstić information content (AvgIpc) is 2.73. The topological polar surface area (TPSA) is 24.4 Å². The molecule has 0 aliphatic carbocycles. The van der Waals surface area contributed by atoms with Gasteiger partial charge in [-0.3, -0.25) is 4.99 Å². The third-order valence-corrected chi connectivity index (χ3v) is 7.92. The Morgan fingerprint density at radius 3 is 2.25 bits per heavy atom. The second kappa shape index (κ2) is 10.3. The first-order chi connectivity index (χ1) is 13.7. The Labute approximate surface area is 174 Å². The van der Waals surface area contributed by atoms with Crippen molar-refractivity contribution in [3.05, 3.63) is 95.1 Å². The lowest BCUT2D eigenvalue weighted by Crippen LogP contribution is -2.25. The Hall–Kier alpha value is -2.34. The smallest absolute Gasteiger partial charge is 0.411 e.